The normalized spacial score (nSPS) is 32.7. The average molecular weight is 293 g/mol. The van der Waals surface area contributed by atoms with E-state index in [1.54, 1.807) is 0 Å². The second-order valence-corrected chi connectivity index (χ2v) is 7.15. The summed E-state index contributed by atoms with van der Waals surface area (Å²) in [5.74, 6) is 0. The summed E-state index contributed by atoms with van der Waals surface area (Å²) in [7, 11) is 0. The predicted molar refractivity (Wildman–Crippen MR) is 73.5 cm³/mol. The molecule has 2 fully saturated rings. The number of rotatable bonds is 3. The summed E-state index contributed by atoms with van der Waals surface area (Å²) in [5, 5.41) is 0. The van der Waals surface area contributed by atoms with E-state index in [9.17, 15) is 13.2 Å². The van der Waals surface area contributed by atoms with Crippen LogP contribution >= 0.6 is 0 Å². The molecule has 118 valence electrons. The fraction of sp³-hybridized carbons (Fsp3) is 1.00. The van der Waals surface area contributed by atoms with Gasteiger partial charge in [0.2, 0.25) is 0 Å². The molecular weight excluding hydrogens is 267 g/mol. The van der Waals surface area contributed by atoms with Crippen LogP contribution < -0.4 is 5.73 Å². The third-order valence-electron chi connectivity index (χ3n) is 4.90. The van der Waals surface area contributed by atoms with Gasteiger partial charge in [-0.1, -0.05) is 13.8 Å². The van der Waals surface area contributed by atoms with Crippen molar-refractivity contribution >= 4 is 0 Å². The second-order valence-electron chi connectivity index (χ2n) is 7.15. The molecule has 1 atom stereocenters. The molecule has 1 aliphatic heterocycles. The lowest BCUT2D eigenvalue weighted by atomic mass is 9.86. The van der Waals surface area contributed by atoms with Crippen molar-refractivity contribution in [2.45, 2.75) is 44.8 Å². The summed E-state index contributed by atoms with van der Waals surface area (Å²) in [4.78, 5) is 3.84. The van der Waals surface area contributed by atoms with Gasteiger partial charge in [-0.25, -0.2) is 0 Å². The van der Waals surface area contributed by atoms with Crippen molar-refractivity contribution in [3.05, 3.63) is 0 Å². The van der Waals surface area contributed by atoms with Gasteiger partial charge in [-0.2, -0.15) is 13.2 Å². The molecule has 1 saturated heterocycles. The van der Waals surface area contributed by atoms with Gasteiger partial charge in [0.1, 0.15) is 0 Å². The topological polar surface area (TPSA) is 32.5 Å². The first-order valence-electron chi connectivity index (χ1n) is 7.40. The minimum absolute atomic E-state index is 0.00776. The molecule has 20 heavy (non-hydrogen) atoms. The van der Waals surface area contributed by atoms with Crippen molar-refractivity contribution in [3.8, 4) is 0 Å². The van der Waals surface area contributed by atoms with Gasteiger partial charge in [0.15, 0.2) is 0 Å². The number of nitrogens with zero attached hydrogens (tertiary/aromatic N) is 2. The summed E-state index contributed by atoms with van der Waals surface area (Å²) in [6.45, 7) is 6.70. The smallest absolute Gasteiger partial charge is 0.329 e. The largest absolute Gasteiger partial charge is 0.401 e. The van der Waals surface area contributed by atoms with Gasteiger partial charge in [-0.15, -0.1) is 0 Å². The lowest BCUT2D eigenvalue weighted by Gasteiger charge is -2.46. The molecule has 3 nitrogen and oxygen atoms in total. The molecule has 2 aliphatic rings. The Bertz CT molecular complexity index is 335. The van der Waals surface area contributed by atoms with Gasteiger partial charge in [0.25, 0.3) is 0 Å². The molecule has 0 aromatic carbocycles. The van der Waals surface area contributed by atoms with E-state index < -0.39 is 12.7 Å². The number of hydrogen-bond acceptors (Lipinski definition) is 3. The van der Waals surface area contributed by atoms with Crippen molar-refractivity contribution < 1.29 is 13.2 Å². The van der Waals surface area contributed by atoms with E-state index in [4.69, 9.17) is 5.73 Å². The molecule has 1 saturated carbocycles. The molecule has 1 unspecified atom stereocenters. The van der Waals surface area contributed by atoms with Crippen molar-refractivity contribution in [1.82, 2.24) is 9.80 Å². The minimum atomic E-state index is -4.09. The number of halogens is 3. The lowest BCUT2D eigenvalue weighted by Crippen LogP contribution is -2.60. The first kappa shape index (κ1) is 16.0. The number of nitrogens with two attached hydrogens (primary N) is 1. The van der Waals surface area contributed by atoms with E-state index in [1.165, 1.54) is 4.90 Å². The van der Waals surface area contributed by atoms with Crippen LogP contribution in [0.2, 0.25) is 0 Å². The zero-order valence-electron chi connectivity index (χ0n) is 12.5. The van der Waals surface area contributed by atoms with Crippen LogP contribution in [0.5, 0.6) is 0 Å². The molecule has 2 rings (SSSR count). The molecule has 0 amide bonds. The Morgan fingerprint density at radius 3 is 2.05 bits per heavy atom. The highest BCUT2D eigenvalue weighted by molar-refractivity contribution is 5.03. The van der Waals surface area contributed by atoms with Crippen molar-refractivity contribution in [2.24, 2.45) is 11.1 Å². The summed E-state index contributed by atoms with van der Waals surface area (Å²) in [6.07, 6.45) is -0.832. The molecule has 0 aromatic heterocycles. The monoisotopic (exact) mass is 293 g/mol. The number of hydrogen-bond donors (Lipinski definition) is 1. The van der Waals surface area contributed by atoms with E-state index in [1.807, 2.05) is 0 Å². The third kappa shape index (κ3) is 3.65. The Labute approximate surface area is 119 Å². The van der Waals surface area contributed by atoms with Crippen LogP contribution in [0.25, 0.3) is 0 Å². The SMILES string of the molecule is CC1(C)CCC(CN)(N2CCN(CC(F)(F)F)CC2)C1. The summed E-state index contributed by atoms with van der Waals surface area (Å²) < 4.78 is 37.2. The quantitative estimate of drug-likeness (QED) is 0.864. The molecule has 1 heterocycles. The van der Waals surface area contributed by atoms with Gasteiger partial charge in [0, 0.05) is 38.3 Å². The van der Waals surface area contributed by atoms with Gasteiger partial charge in [-0.05, 0) is 24.7 Å². The first-order chi connectivity index (χ1) is 9.16. The number of piperazine rings is 1. The first-order valence-corrected chi connectivity index (χ1v) is 7.40. The van der Waals surface area contributed by atoms with E-state index >= 15 is 0 Å². The second kappa shape index (κ2) is 5.46. The zero-order chi connectivity index (χ0) is 15.0. The fourth-order valence-electron chi connectivity index (χ4n) is 3.85. The maximum Gasteiger partial charge on any atom is 0.401 e. The van der Waals surface area contributed by atoms with Crippen LogP contribution in [-0.4, -0.2) is 60.8 Å². The van der Waals surface area contributed by atoms with Crippen LogP contribution in [0.4, 0.5) is 13.2 Å². The fourth-order valence-corrected chi connectivity index (χ4v) is 3.85. The van der Waals surface area contributed by atoms with Crippen LogP contribution in [0, 0.1) is 5.41 Å². The van der Waals surface area contributed by atoms with Crippen molar-refractivity contribution in [3.63, 3.8) is 0 Å². The third-order valence-corrected chi connectivity index (χ3v) is 4.90. The molecule has 0 aromatic rings. The van der Waals surface area contributed by atoms with E-state index in [0.717, 1.165) is 19.3 Å². The Hall–Kier alpha value is -0.330. The minimum Gasteiger partial charge on any atom is -0.329 e. The highest BCUT2D eigenvalue weighted by Crippen LogP contribution is 2.46. The van der Waals surface area contributed by atoms with Gasteiger partial charge < -0.3 is 5.73 Å². The van der Waals surface area contributed by atoms with E-state index in [-0.39, 0.29) is 5.54 Å². The molecule has 2 N–H and O–H groups in total. The average Bonchev–Trinajstić information content (AvgIpc) is 2.65. The van der Waals surface area contributed by atoms with E-state index in [2.05, 4.69) is 18.7 Å². The van der Waals surface area contributed by atoms with Crippen LogP contribution in [0.15, 0.2) is 0 Å². The number of alkyl halides is 3. The molecule has 1 aliphatic carbocycles. The molecule has 0 bridgehead atoms. The predicted octanol–water partition coefficient (Wildman–Crippen LogP) is 2.07. The van der Waals surface area contributed by atoms with Gasteiger partial charge >= 0.3 is 6.18 Å². The van der Waals surface area contributed by atoms with Crippen LogP contribution in [0.1, 0.15) is 33.1 Å². The van der Waals surface area contributed by atoms with Crippen molar-refractivity contribution in [1.29, 1.82) is 0 Å². The maximum atomic E-state index is 12.4. The molecular formula is C14H26F3N3. The van der Waals surface area contributed by atoms with Crippen LogP contribution in [0.3, 0.4) is 0 Å². The lowest BCUT2D eigenvalue weighted by molar-refractivity contribution is -0.151. The highest BCUT2D eigenvalue weighted by atomic mass is 19.4. The summed E-state index contributed by atoms with van der Waals surface area (Å²) in [5.41, 5.74) is 6.32. The summed E-state index contributed by atoms with van der Waals surface area (Å²) in [6, 6.07) is 0. The zero-order valence-corrected chi connectivity index (χ0v) is 12.5. The Kier molecular flexibility index (Phi) is 4.38. The maximum absolute atomic E-state index is 12.4. The van der Waals surface area contributed by atoms with Gasteiger partial charge in [-0.3, -0.25) is 9.80 Å². The highest BCUT2D eigenvalue weighted by Gasteiger charge is 2.47. The van der Waals surface area contributed by atoms with Crippen molar-refractivity contribution in [2.75, 3.05) is 39.3 Å². The van der Waals surface area contributed by atoms with Crippen LogP contribution in [-0.2, 0) is 0 Å². The summed E-state index contributed by atoms with van der Waals surface area (Å²) >= 11 is 0. The Balaban J connectivity index is 1.93. The Morgan fingerprint density at radius 2 is 1.65 bits per heavy atom. The standard InChI is InChI=1S/C14H26F3N3/c1-12(2)3-4-13(9-12,10-18)20-7-5-19(6-8-20)11-14(15,16)17/h3-11,18H2,1-2H3. The molecule has 0 spiro atoms. The molecule has 6 heteroatoms. The molecule has 0 radical (unpaired) electrons. The Morgan fingerprint density at radius 1 is 1.05 bits per heavy atom. The van der Waals surface area contributed by atoms with E-state index in [0.29, 0.717) is 38.1 Å². The van der Waals surface area contributed by atoms with Gasteiger partial charge in [0.05, 0.1) is 6.54 Å².